The average molecular weight is 372 g/mol. The molecule has 1 aromatic carbocycles. The Balaban J connectivity index is 2.34. The summed E-state index contributed by atoms with van der Waals surface area (Å²) in [7, 11) is 0. The molecule has 0 saturated heterocycles. The van der Waals surface area contributed by atoms with Crippen molar-refractivity contribution in [3.8, 4) is 0 Å². The summed E-state index contributed by atoms with van der Waals surface area (Å²) >= 11 is 9.20. The number of aliphatic imine (C=N–C) groups is 1. The number of hydrogen-bond acceptors (Lipinski definition) is 3. The molecule has 0 saturated carbocycles. The minimum absolute atomic E-state index is 0.0751. The number of carbonyl (C=O) groups excluding carboxylic acids is 1. The smallest absolute Gasteiger partial charge is 0.251 e. The van der Waals surface area contributed by atoms with Gasteiger partial charge in [-0.25, -0.2) is 4.99 Å². The summed E-state index contributed by atoms with van der Waals surface area (Å²) in [5.74, 6) is -0.168. The van der Waals surface area contributed by atoms with E-state index in [-0.39, 0.29) is 23.4 Å². The Morgan fingerprint density at radius 1 is 1.52 bits per heavy atom. The first kappa shape index (κ1) is 17.6. The van der Waals surface area contributed by atoms with Crippen molar-refractivity contribution in [1.82, 2.24) is 5.32 Å². The van der Waals surface area contributed by atoms with E-state index < -0.39 is 0 Å². The van der Waals surface area contributed by atoms with E-state index in [1.54, 1.807) is 0 Å². The standard InChI is InChI=1S/C15H16BrClN2O2/c1-3-13(17)15(18-2)19-14(20)10-21-8-7-11-5-4-6-12(16)9-11/h3-6,9H,1-2,7-8,10H2,(H,19,20)/b15-13-. The van der Waals surface area contributed by atoms with Gasteiger partial charge < -0.3 is 10.1 Å². The summed E-state index contributed by atoms with van der Waals surface area (Å²) in [6.45, 7) is 7.19. The second-order valence-electron chi connectivity index (χ2n) is 4.04. The third-order valence-electron chi connectivity index (χ3n) is 2.48. The maximum atomic E-state index is 11.6. The van der Waals surface area contributed by atoms with E-state index in [2.05, 4.69) is 39.5 Å². The van der Waals surface area contributed by atoms with Gasteiger partial charge in [-0.3, -0.25) is 4.79 Å². The van der Waals surface area contributed by atoms with Crippen LogP contribution < -0.4 is 5.32 Å². The number of rotatable bonds is 8. The number of amides is 1. The molecule has 0 atom stereocenters. The normalized spacial score (nSPS) is 11.5. The van der Waals surface area contributed by atoms with Gasteiger partial charge in [0.2, 0.25) is 0 Å². The van der Waals surface area contributed by atoms with Crippen LogP contribution in [0.25, 0.3) is 0 Å². The van der Waals surface area contributed by atoms with Crippen LogP contribution in [0.4, 0.5) is 0 Å². The number of nitrogens with zero attached hydrogens (tertiary/aromatic N) is 1. The van der Waals surface area contributed by atoms with Crippen molar-refractivity contribution in [2.45, 2.75) is 6.42 Å². The van der Waals surface area contributed by atoms with Gasteiger partial charge in [0.1, 0.15) is 6.61 Å². The van der Waals surface area contributed by atoms with Crippen LogP contribution in [0.3, 0.4) is 0 Å². The zero-order valence-corrected chi connectivity index (χ0v) is 13.8. The predicted octanol–water partition coefficient (Wildman–Crippen LogP) is 3.42. The highest BCUT2D eigenvalue weighted by molar-refractivity contribution is 9.10. The number of allylic oxidation sites excluding steroid dienone is 2. The summed E-state index contributed by atoms with van der Waals surface area (Å²) < 4.78 is 6.33. The van der Waals surface area contributed by atoms with Gasteiger partial charge in [0, 0.05) is 4.47 Å². The third kappa shape index (κ3) is 6.71. The van der Waals surface area contributed by atoms with Crippen LogP contribution in [0.1, 0.15) is 5.56 Å². The van der Waals surface area contributed by atoms with Gasteiger partial charge in [-0.2, -0.15) is 0 Å². The number of nitrogens with one attached hydrogen (secondary N) is 1. The first-order valence-electron chi connectivity index (χ1n) is 6.17. The quantitative estimate of drug-likeness (QED) is 0.432. The molecule has 6 heteroatoms. The fraction of sp³-hybridized carbons (Fsp3) is 0.200. The van der Waals surface area contributed by atoms with Crippen molar-refractivity contribution in [2.75, 3.05) is 13.2 Å². The molecule has 0 aromatic heterocycles. The Kier molecular flexibility index (Phi) is 7.97. The van der Waals surface area contributed by atoms with Crippen molar-refractivity contribution in [2.24, 2.45) is 4.99 Å². The van der Waals surface area contributed by atoms with Crippen LogP contribution >= 0.6 is 27.5 Å². The lowest BCUT2D eigenvalue weighted by Crippen LogP contribution is -2.27. The van der Waals surface area contributed by atoms with Crippen LogP contribution in [0.2, 0.25) is 0 Å². The van der Waals surface area contributed by atoms with E-state index in [0.717, 1.165) is 16.5 Å². The van der Waals surface area contributed by atoms with Crippen molar-refractivity contribution in [1.29, 1.82) is 0 Å². The SMILES string of the molecule is C=C/C(Cl)=C(\N=C)NC(=O)COCCc1cccc(Br)c1. The van der Waals surface area contributed by atoms with Crippen molar-refractivity contribution >= 4 is 40.2 Å². The van der Waals surface area contributed by atoms with Gasteiger partial charge in [0.25, 0.3) is 5.91 Å². The molecular weight excluding hydrogens is 356 g/mol. The molecule has 0 radical (unpaired) electrons. The lowest BCUT2D eigenvalue weighted by atomic mass is 10.2. The summed E-state index contributed by atoms with van der Waals surface area (Å²) in [5, 5.41) is 2.73. The van der Waals surface area contributed by atoms with Crippen molar-refractivity contribution < 1.29 is 9.53 Å². The maximum Gasteiger partial charge on any atom is 0.251 e. The first-order chi connectivity index (χ1) is 10.1. The largest absolute Gasteiger partial charge is 0.371 e. The fourth-order valence-electron chi connectivity index (χ4n) is 1.49. The molecule has 1 rings (SSSR count). The highest BCUT2D eigenvalue weighted by Crippen LogP contribution is 2.12. The lowest BCUT2D eigenvalue weighted by molar-refractivity contribution is -0.124. The Bertz CT molecular complexity index is 558. The lowest BCUT2D eigenvalue weighted by Gasteiger charge is -2.07. The monoisotopic (exact) mass is 370 g/mol. The summed E-state index contributed by atoms with van der Waals surface area (Å²) in [6, 6.07) is 7.92. The van der Waals surface area contributed by atoms with Gasteiger partial charge in [-0.15, -0.1) is 0 Å². The van der Waals surface area contributed by atoms with Gasteiger partial charge in [0.05, 0.1) is 11.6 Å². The first-order valence-corrected chi connectivity index (χ1v) is 7.35. The minimum Gasteiger partial charge on any atom is -0.371 e. The van der Waals surface area contributed by atoms with Gasteiger partial charge in [-0.05, 0) is 36.9 Å². The van der Waals surface area contributed by atoms with Crippen LogP contribution in [0, 0.1) is 0 Å². The second-order valence-corrected chi connectivity index (χ2v) is 5.36. The number of carbonyl (C=O) groups is 1. The molecule has 21 heavy (non-hydrogen) atoms. The summed E-state index contributed by atoms with van der Waals surface area (Å²) in [4.78, 5) is 15.3. The van der Waals surface area contributed by atoms with Gasteiger partial charge in [0.15, 0.2) is 5.82 Å². The molecule has 0 spiro atoms. The highest BCUT2D eigenvalue weighted by atomic mass is 79.9. The Hall–Kier alpha value is -1.43. The van der Waals surface area contributed by atoms with Crippen LogP contribution in [0.15, 0.2) is 57.2 Å². The van der Waals surface area contributed by atoms with Crippen LogP contribution in [-0.2, 0) is 16.0 Å². The van der Waals surface area contributed by atoms with Gasteiger partial charge >= 0.3 is 0 Å². The maximum absolute atomic E-state index is 11.6. The number of ether oxygens (including phenoxy) is 1. The number of hydrogen-bond donors (Lipinski definition) is 1. The molecule has 1 N–H and O–H groups in total. The van der Waals surface area contributed by atoms with E-state index >= 15 is 0 Å². The topological polar surface area (TPSA) is 50.7 Å². The predicted molar refractivity (Wildman–Crippen MR) is 89.4 cm³/mol. The molecule has 0 unspecified atom stereocenters. The molecule has 0 aliphatic rings. The number of benzene rings is 1. The molecule has 112 valence electrons. The third-order valence-corrected chi connectivity index (χ3v) is 3.31. The molecule has 0 aliphatic carbocycles. The van der Waals surface area contributed by atoms with E-state index in [9.17, 15) is 4.79 Å². The van der Waals surface area contributed by atoms with E-state index in [0.29, 0.717) is 6.61 Å². The fourth-order valence-corrected chi connectivity index (χ4v) is 2.04. The Labute approximate surface area is 137 Å². The van der Waals surface area contributed by atoms with E-state index in [4.69, 9.17) is 16.3 Å². The van der Waals surface area contributed by atoms with Crippen LogP contribution in [0.5, 0.6) is 0 Å². The zero-order valence-electron chi connectivity index (χ0n) is 11.4. The van der Waals surface area contributed by atoms with Gasteiger partial charge in [-0.1, -0.05) is 46.2 Å². The average Bonchev–Trinajstić information content (AvgIpc) is 2.48. The zero-order chi connectivity index (χ0) is 15.7. The van der Waals surface area contributed by atoms with Crippen LogP contribution in [-0.4, -0.2) is 25.8 Å². The molecule has 0 bridgehead atoms. The Morgan fingerprint density at radius 3 is 2.90 bits per heavy atom. The summed E-state index contributed by atoms with van der Waals surface area (Å²) in [6.07, 6.45) is 2.10. The minimum atomic E-state index is -0.341. The van der Waals surface area contributed by atoms with Crippen molar-refractivity contribution in [3.05, 3.63) is 57.8 Å². The number of halogens is 2. The molecule has 1 aromatic rings. The second kappa shape index (κ2) is 9.50. The molecule has 0 heterocycles. The highest BCUT2D eigenvalue weighted by Gasteiger charge is 2.06. The van der Waals surface area contributed by atoms with E-state index in [1.807, 2.05) is 24.3 Å². The molecule has 1 amide bonds. The molecule has 4 nitrogen and oxygen atoms in total. The Morgan fingerprint density at radius 2 is 2.29 bits per heavy atom. The molecular formula is C15H16BrClN2O2. The molecule has 0 fully saturated rings. The van der Waals surface area contributed by atoms with E-state index in [1.165, 1.54) is 6.08 Å². The van der Waals surface area contributed by atoms with Crippen molar-refractivity contribution in [3.63, 3.8) is 0 Å². The summed E-state index contributed by atoms with van der Waals surface area (Å²) in [5.41, 5.74) is 1.13. The molecule has 0 aliphatic heterocycles.